The summed E-state index contributed by atoms with van der Waals surface area (Å²) in [7, 11) is -1.26. The van der Waals surface area contributed by atoms with E-state index in [-0.39, 0.29) is 11.8 Å². The summed E-state index contributed by atoms with van der Waals surface area (Å²) in [6, 6.07) is 6.31. The van der Waals surface area contributed by atoms with Gasteiger partial charge in [-0.3, -0.25) is 4.79 Å². The molecule has 0 atom stereocenters. The minimum absolute atomic E-state index is 0.147. The average molecular weight is 382 g/mol. The van der Waals surface area contributed by atoms with E-state index < -0.39 is 10.0 Å². The molecule has 0 spiro atoms. The number of aryl methyl sites for hydroxylation is 2. The van der Waals surface area contributed by atoms with Crippen molar-refractivity contribution in [3.63, 3.8) is 0 Å². The molecule has 0 N–H and O–H groups in total. The number of nitrogens with zero attached hydrogens (tertiary/aromatic N) is 3. The molecule has 0 bridgehead atoms. The predicted molar refractivity (Wildman–Crippen MR) is 99.9 cm³/mol. The Bertz CT molecular complexity index is 965. The molecule has 1 fully saturated rings. The second kappa shape index (κ2) is 7.01. The Balaban J connectivity index is 1.82. The molecule has 0 radical (unpaired) electrons. The van der Waals surface area contributed by atoms with Crippen molar-refractivity contribution >= 4 is 37.5 Å². The number of thiazole rings is 1. The van der Waals surface area contributed by atoms with Gasteiger partial charge in [0.05, 0.1) is 16.5 Å². The first-order valence-electron chi connectivity index (χ1n) is 8.41. The van der Waals surface area contributed by atoms with Gasteiger partial charge in [-0.15, -0.1) is 0 Å². The molecular formula is C17H23N3O3S2. The van der Waals surface area contributed by atoms with Crippen molar-refractivity contribution in [2.45, 2.75) is 26.2 Å². The van der Waals surface area contributed by atoms with Crippen molar-refractivity contribution < 1.29 is 13.2 Å². The number of hydrogen-bond donors (Lipinski definition) is 0. The molecule has 0 saturated carbocycles. The van der Waals surface area contributed by atoms with E-state index in [9.17, 15) is 13.2 Å². The number of aromatic nitrogens is 1. The van der Waals surface area contributed by atoms with Crippen LogP contribution in [0.1, 0.15) is 25.3 Å². The van der Waals surface area contributed by atoms with Crippen molar-refractivity contribution in [2.75, 3.05) is 19.3 Å². The SMILES string of the molecule is CCc1ccc2c(c1)sc(=NC(=O)C1CCN(S(C)(=O)=O)CC1)n2C. The normalized spacial score (nSPS) is 18.1. The maximum absolute atomic E-state index is 12.5. The highest BCUT2D eigenvalue weighted by Gasteiger charge is 2.28. The van der Waals surface area contributed by atoms with Gasteiger partial charge in [-0.05, 0) is 37.0 Å². The summed E-state index contributed by atoms with van der Waals surface area (Å²) in [5, 5.41) is 0. The van der Waals surface area contributed by atoms with Crippen LogP contribution in [-0.2, 0) is 28.3 Å². The van der Waals surface area contributed by atoms with E-state index in [0.29, 0.717) is 30.7 Å². The summed E-state index contributed by atoms with van der Waals surface area (Å²) >= 11 is 1.52. The first-order valence-corrected chi connectivity index (χ1v) is 11.1. The van der Waals surface area contributed by atoms with E-state index in [1.807, 2.05) is 11.6 Å². The molecule has 136 valence electrons. The fraction of sp³-hybridized carbons (Fsp3) is 0.529. The van der Waals surface area contributed by atoms with Crippen molar-refractivity contribution in [1.82, 2.24) is 8.87 Å². The summed E-state index contributed by atoms with van der Waals surface area (Å²) in [5.74, 6) is -0.347. The highest BCUT2D eigenvalue weighted by atomic mass is 32.2. The molecule has 1 aromatic heterocycles. The third-order valence-electron chi connectivity index (χ3n) is 4.76. The van der Waals surface area contributed by atoms with Crippen LogP contribution in [0, 0.1) is 5.92 Å². The van der Waals surface area contributed by atoms with E-state index in [1.165, 1.54) is 27.5 Å². The topological polar surface area (TPSA) is 71.7 Å². The van der Waals surface area contributed by atoms with Crippen LogP contribution in [-0.4, -0.2) is 42.5 Å². The van der Waals surface area contributed by atoms with Crippen molar-refractivity contribution in [2.24, 2.45) is 18.0 Å². The second-order valence-electron chi connectivity index (χ2n) is 6.49. The fourth-order valence-corrected chi connectivity index (χ4v) is 5.09. The molecule has 1 aromatic carbocycles. The number of fused-ring (bicyclic) bond motifs is 1. The Hall–Kier alpha value is -1.51. The molecule has 1 amide bonds. The Morgan fingerprint density at radius 3 is 2.60 bits per heavy atom. The minimum atomic E-state index is -3.18. The van der Waals surface area contributed by atoms with E-state index in [4.69, 9.17) is 0 Å². The van der Waals surface area contributed by atoms with Crippen molar-refractivity contribution in [3.8, 4) is 0 Å². The molecule has 6 nitrogen and oxygen atoms in total. The molecule has 1 aliphatic heterocycles. The molecule has 3 rings (SSSR count). The van der Waals surface area contributed by atoms with Crippen LogP contribution < -0.4 is 4.80 Å². The van der Waals surface area contributed by atoms with Crippen LogP contribution in [0.5, 0.6) is 0 Å². The summed E-state index contributed by atoms with van der Waals surface area (Å²) in [4.78, 5) is 17.6. The van der Waals surface area contributed by atoms with E-state index in [1.54, 1.807) is 0 Å². The largest absolute Gasteiger partial charge is 0.319 e. The zero-order valence-corrected chi connectivity index (χ0v) is 16.4. The number of benzene rings is 1. The van der Waals surface area contributed by atoms with Crippen LogP contribution >= 0.6 is 11.3 Å². The molecule has 2 aromatic rings. The van der Waals surface area contributed by atoms with E-state index >= 15 is 0 Å². The maximum Gasteiger partial charge on any atom is 0.251 e. The number of piperidine rings is 1. The fourth-order valence-electron chi connectivity index (χ4n) is 3.12. The molecule has 2 heterocycles. The minimum Gasteiger partial charge on any atom is -0.319 e. The number of carbonyl (C=O) groups excluding carboxylic acids is 1. The zero-order valence-electron chi connectivity index (χ0n) is 14.7. The summed E-state index contributed by atoms with van der Waals surface area (Å²) in [6.45, 7) is 2.90. The smallest absolute Gasteiger partial charge is 0.251 e. The second-order valence-corrected chi connectivity index (χ2v) is 9.48. The number of hydrogen-bond acceptors (Lipinski definition) is 4. The highest BCUT2D eigenvalue weighted by Crippen LogP contribution is 2.21. The molecule has 1 saturated heterocycles. The van der Waals surface area contributed by atoms with Gasteiger partial charge in [-0.2, -0.15) is 4.99 Å². The Labute approximate surface area is 151 Å². The Morgan fingerprint density at radius 1 is 1.32 bits per heavy atom. The van der Waals surface area contributed by atoms with Crippen LogP contribution in [0.3, 0.4) is 0 Å². The first kappa shape index (κ1) is 18.3. The number of carbonyl (C=O) groups is 1. The Kier molecular flexibility index (Phi) is 5.13. The summed E-state index contributed by atoms with van der Waals surface area (Å²) in [6.07, 6.45) is 3.25. The van der Waals surface area contributed by atoms with Gasteiger partial charge in [0.1, 0.15) is 0 Å². The van der Waals surface area contributed by atoms with Crippen LogP contribution in [0.2, 0.25) is 0 Å². The van der Waals surface area contributed by atoms with E-state index in [2.05, 4.69) is 30.1 Å². The monoisotopic (exact) mass is 381 g/mol. The number of rotatable bonds is 3. The Morgan fingerprint density at radius 2 is 2.00 bits per heavy atom. The average Bonchev–Trinajstić information content (AvgIpc) is 2.89. The van der Waals surface area contributed by atoms with Gasteiger partial charge in [0, 0.05) is 26.1 Å². The number of sulfonamides is 1. The highest BCUT2D eigenvalue weighted by molar-refractivity contribution is 7.88. The zero-order chi connectivity index (χ0) is 18.2. The molecule has 0 aliphatic carbocycles. The lowest BCUT2D eigenvalue weighted by Gasteiger charge is -2.28. The maximum atomic E-state index is 12.5. The van der Waals surface area contributed by atoms with Gasteiger partial charge >= 0.3 is 0 Å². The van der Waals surface area contributed by atoms with Gasteiger partial charge in [-0.25, -0.2) is 12.7 Å². The van der Waals surface area contributed by atoms with Crippen molar-refractivity contribution in [3.05, 3.63) is 28.6 Å². The number of amides is 1. The van der Waals surface area contributed by atoms with Crippen LogP contribution in [0.25, 0.3) is 10.2 Å². The lowest BCUT2D eigenvalue weighted by molar-refractivity contribution is -0.122. The quantitative estimate of drug-likeness (QED) is 0.815. The van der Waals surface area contributed by atoms with Gasteiger partial charge in [0.25, 0.3) is 5.91 Å². The first-order chi connectivity index (χ1) is 11.8. The lowest BCUT2D eigenvalue weighted by atomic mass is 9.98. The third kappa shape index (κ3) is 3.86. The van der Waals surface area contributed by atoms with Gasteiger partial charge in [0.2, 0.25) is 10.0 Å². The summed E-state index contributed by atoms with van der Waals surface area (Å²) < 4.78 is 27.6. The molecule has 25 heavy (non-hydrogen) atoms. The lowest BCUT2D eigenvalue weighted by Crippen LogP contribution is -2.39. The molecule has 1 aliphatic rings. The third-order valence-corrected chi connectivity index (χ3v) is 7.16. The summed E-state index contributed by atoms with van der Waals surface area (Å²) in [5.41, 5.74) is 2.33. The van der Waals surface area contributed by atoms with E-state index in [0.717, 1.165) is 16.6 Å². The standard InChI is InChI=1S/C17H23N3O3S2/c1-4-12-5-6-14-15(11-12)24-17(19(14)2)18-16(21)13-7-9-20(10-8-13)25(3,22)23/h5-6,11,13H,4,7-10H2,1-3H3. The van der Waals surface area contributed by atoms with Gasteiger partial charge in [-0.1, -0.05) is 24.3 Å². The van der Waals surface area contributed by atoms with Crippen LogP contribution in [0.4, 0.5) is 0 Å². The van der Waals surface area contributed by atoms with Gasteiger partial charge in [0.15, 0.2) is 4.80 Å². The predicted octanol–water partition coefficient (Wildman–Crippen LogP) is 1.90. The van der Waals surface area contributed by atoms with Crippen LogP contribution in [0.15, 0.2) is 23.2 Å². The molecule has 8 heteroatoms. The molecule has 0 unspecified atom stereocenters. The van der Waals surface area contributed by atoms with Crippen molar-refractivity contribution in [1.29, 1.82) is 0 Å². The van der Waals surface area contributed by atoms with Gasteiger partial charge < -0.3 is 4.57 Å². The molecular weight excluding hydrogens is 358 g/mol.